The summed E-state index contributed by atoms with van der Waals surface area (Å²) < 4.78 is 6.18. The van der Waals surface area contributed by atoms with E-state index in [4.69, 9.17) is 10.6 Å². The second kappa shape index (κ2) is 6.88. The fraction of sp³-hybridized carbons (Fsp3) is 0.250. The molecule has 2 rings (SSSR count). The number of benzene rings is 2. The Kier molecular flexibility index (Phi) is 5.17. The molecule has 20 heavy (non-hydrogen) atoms. The Balaban J connectivity index is 2.38. The van der Waals surface area contributed by atoms with E-state index in [0.717, 1.165) is 27.8 Å². The molecule has 0 bridgehead atoms. The molecule has 4 heteroatoms. The van der Waals surface area contributed by atoms with Gasteiger partial charge in [0.25, 0.3) is 0 Å². The summed E-state index contributed by atoms with van der Waals surface area (Å²) in [5, 5.41) is 0. The van der Waals surface area contributed by atoms with Crippen molar-refractivity contribution in [1.82, 2.24) is 5.43 Å². The average Bonchev–Trinajstić information content (AvgIpc) is 2.48. The lowest BCUT2D eigenvalue weighted by atomic mass is 9.97. The van der Waals surface area contributed by atoms with Crippen LogP contribution in [0.4, 0.5) is 0 Å². The molecule has 2 aromatic rings. The zero-order valence-corrected chi connectivity index (χ0v) is 13.3. The van der Waals surface area contributed by atoms with Crippen molar-refractivity contribution >= 4 is 15.9 Å². The van der Waals surface area contributed by atoms with Gasteiger partial charge in [-0.25, -0.2) is 5.43 Å². The Hall–Kier alpha value is -1.36. The molecule has 2 aromatic carbocycles. The lowest BCUT2D eigenvalue weighted by Gasteiger charge is -2.18. The Morgan fingerprint density at radius 1 is 1.20 bits per heavy atom. The van der Waals surface area contributed by atoms with Crippen LogP contribution in [0, 0.1) is 0 Å². The molecule has 0 fully saturated rings. The smallest absolute Gasteiger partial charge is 0.133 e. The maximum Gasteiger partial charge on any atom is 0.133 e. The first-order valence-electron chi connectivity index (χ1n) is 6.58. The summed E-state index contributed by atoms with van der Waals surface area (Å²) >= 11 is 3.51. The van der Waals surface area contributed by atoms with Crippen molar-refractivity contribution in [2.45, 2.75) is 19.4 Å². The van der Waals surface area contributed by atoms with Crippen LogP contribution in [0.15, 0.2) is 46.9 Å². The van der Waals surface area contributed by atoms with Gasteiger partial charge in [0.2, 0.25) is 0 Å². The molecule has 3 N–H and O–H groups in total. The van der Waals surface area contributed by atoms with Gasteiger partial charge in [-0.1, -0.05) is 37.3 Å². The molecule has 0 aromatic heterocycles. The van der Waals surface area contributed by atoms with Crippen LogP contribution in [-0.2, 0) is 6.42 Å². The molecule has 0 aliphatic rings. The van der Waals surface area contributed by atoms with E-state index in [1.54, 1.807) is 7.11 Å². The summed E-state index contributed by atoms with van der Waals surface area (Å²) in [5.74, 6) is 6.56. The summed E-state index contributed by atoms with van der Waals surface area (Å²) in [4.78, 5) is 0. The van der Waals surface area contributed by atoms with Gasteiger partial charge in [-0.15, -0.1) is 0 Å². The second-order valence-electron chi connectivity index (χ2n) is 4.59. The standard InChI is InChI=1S/C16H19BrN2O/c1-3-11-5-4-6-12(9-11)16(19-18)13-7-8-15(20-2)14(17)10-13/h4-10,16,19H,3,18H2,1-2H3. The van der Waals surface area contributed by atoms with Gasteiger partial charge in [-0.05, 0) is 51.2 Å². The van der Waals surface area contributed by atoms with E-state index < -0.39 is 0 Å². The molecule has 106 valence electrons. The van der Waals surface area contributed by atoms with Crippen LogP contribution < -0.4 is 16.0 Å². The number of aryl methyl sites for hydroxylation is 1. The maximum atomic E-state index is 5.75. The Bertz CT molecular complexity index is 586. The summed E-state index contributed by atoms with van der Waals surface area (Å²) in [7, 11) is 1.66. The SMILES string of the molecule is CCc1cccc(C(NN)c2ccc(OC)c(Br)c2)c1. The molecular weight excluding hydrogens is 316 g/mol. The predicted octanol–water partition coefficient (Wildman–Crippen LogP) is 3.57. The number of hydrogen-bond donors (Lipinski definition) is 2. The Morgan fingerprint density at radius 3 is 2.55 bits per heavy atom. The van der Waals surface area contributed by atoms with Gasteiger partial charge in [0.05, 0.1) is 17.6 Å². The number of methoxy groups -OCH3 is 1. The van der Waals surface area contributed by atoms with Crippen LogP contribution in [0.25, 0.3) is 0 Å². The minimum atomic E-state index is -0.0382. The number of hydrogen-bond acceptors (Lipinski definition) is 3. The van der Waals surface area contributed by atoms with Gasteiger partial charge in [0.1, 0.15) is 5.75 Å². The van der Waals surface area contributed by atoms with Crippen LogP contribution in [-0.4, -0.2) is 7.11 Å². The zero-order valence-electron chi connectivity index (χ0n) is 11.7. The zero-order chi connectivity index (χ0) is 14.5. The van der Waals surface area contributed by atoms with Crippen molar-refractivity contribution in [2.24, 2.45) is 5.84 Å². The first kappa shape index (κ1) is 15.0. The number of rotatable bonds is 5. The highest BCUT2D eigenvalue weighted by atomic mass is 79.9. The van der Waals surface area contributed by atoms with E-state index in [0.29, 0.717) is 0 Å². The molecule has 0 heterocycles. The molecule has 0 radical (unpaired) electrons. The first-order valence-corrected chi connectivity index (χ1v) is 7.37. The fourth-order valence-electron chi connectivity index (χ4n) is 2.24. The summed E-state index contributed by atoms with van der Waals surface area (Å²) in [6.07, 6.45) is 1.01. The van der Waals surface area contributed by atoms with Crippen LogP contribution >= 0.6 is 15.9 Å². The minimum absolute atomic E-state index is 0.0382. The number of hydrazine groups is 1. The quantitative estimate of drug-likeness (QED) is 0.649. The highest BCUT2D eigenvalue weighted by Gasteiger charge is 2.14. The summed E-state index contributed by atoms with van der Waals surface area (Å²) in [6, 6.07) is 14.4. The highest BCUT2D eigenvalue weighted by Crippen LogP contribution is 2.30. The molecule has 0 saturated carbocycles. The van der Waals surface area contributed by atoms with Gasteiger partial charge >= 0.3 is 0 Å². The van der Waals surface area contributed by atoms with Crippen molar-refractivity contribution in [2.75, 3.05) is 7.11 Å². The normalized spacial score (nSPS) is 12.2. The molecule has 0 spiro atoms. The molecule has 1 atom stereocenters. The van der Waals surface area contributed by atoms with Crippen molar-refractivity contribution in [3.05, 3.63) is 63.6 Å². The van der Waals surface area contributed by atoms with Crippen molar-refractivity contribution in [3.8, 4) is 5.75 Å². The first-order chi connectivity index (χ1) is 9.69. The molecule has 0 amide bonds. The van der Waals surface area contributed by atoms with E-state index in [1.165, 1.54) is 5.56 Å². The predicted molar refractivity (Wildman–Crippen MR) is 85.7 cm³/mol. The van der Waals surface area contributed by atoms with E-state index in [-0.39, 0.29) is 6.04 Å². The van der Waals surface area contributed by atoms with Crippen LogP contribution in [0.5, 0.6) is 5.75 Å². The van der Waals surface area contributed by atoms with Gasteiger partial charge in [-0.2, -0.15) is 0 Å². The largest absolute Gasteiger partial charge is 0.496 e. The van der Waals surface area contributed by atoms with Gasteiger partial charge in [-0.3, -0.25) is 5.84 Å². The van der Waals surface area contributed by atoms with E-state index in [2.05, 4.69) is 52.5 Å². The molecule has 0 aliphatic carbocycles. The Labute approximate surface area is 128 Å². The monoisotopic (exact) mass is 334 g/mol. The number of nitrogens with two attached hydrogens (primary N) is 1. The molecule has 1 unspecified atom stereocenters. The van der Waals surface area contributed by atoms with Crippen LogP contribution in [0.1, 0.15) is 29.7 Å². The number of halogens is 1. The molecule has 0 aliphatic heterocycles. The molecular formula is C16H19BrN2O. The van der Waals surface area contributed by atoms with Crippen molar-refractivity contribution in [1.29, 1.82) is 0 Å². The lowest BCUT2D eigenvalue weighted by molar-refractivity contribution is 0.411. The topological polar surface area (TPSA) is 47.3 Å². The van der Waals surface area contributed by atoms with Crippen molar-refractivity contribution < 1.29 is 4.74 Å². The van der Waals surface area contributed by atoms with E-state index in [9.17, 15) is 0 Å². The van der Waals surface area contributed by atoms with Crippen molar-refractivity contribution in [3.63, 3.8) is 0 Å². The molecule has 0 saturated heterocycles. The Morgan fingerprint density at radius 2 is 1.95 bits per heavy atom. The minimum Gasteiger partial charge on any atom is -0.496 e. The van der Waals surface area contributed by atoms with Gasteiger partial charge in [0, 0.05) is 0 Å². The number of ether oxygens (including phenoxy) is 1. The highest BCUT2D eigenvalue weighted by molar-refractivity contribution is 9.10. The van der Waals surface area contributed by atoms with Gasteiger partial charge in [0.15, 0.2) is 0 Å². The van der Waals surface area contributed by atoms with Gasteiger partial charge < -0.3 is 4.74 Å². The van der Waals surface area contributed by atoms with Crippen LogP contribution in [0.2, 0.25) is 0 Å². The van der Waals surface area contributed by atoms with E-state index in [1.807, 2.05) is 18.2 Å². The molecule has 3 nitrogen and oxygen atoms in total. The summed E-state index contributed by atoms with van der Waals surface area (Å²) in [5.41, 5.74) is 6.44. The van der Waals surface area contributed by atoms with E-state index >= 15 is 0 Å². The third-order valence-electron chi connectivity index (χ3n) is 3.37. The maximum absolute atomic E-state index is 5.75. The second-order valence-corrected chi connectivity index (χ2v) is 5.45. The fourth-order valence-corrected chi connectivity index (χ4v) is 2.80. The summed E-state index contributed by atoms with van der Waals surface area (Å²) in [6.45, 7) is 2.15. The number of nitrogens with one attached hydrogen (secondary N) is 1. The lowest BCUT2D eigenvalue weighted by Crippen LogP contribution is -2.28. The average molecular weight is 335 g/mol. The third-order valence-corrected chi connectivity index (χ3v) is 3.99. The van der Waals surface area contributed by atoms with Crippen LogP contribution in [0.3, 0.4) is 0 Å². The third kappa shape index (κ3) is 3.20.